The van der Waals surface area contributed by atoms with Gasteiger partial charge in [-0.1, -0.05) is 13.0 Å². The van der Waals surface area contributed by atoms with E-state index in [4.69, 9.17) is 0 Å². The Balaban J connectivity index is 1.65. The number of carbonyl (C=O) groups is 2. The molecular weight excluding hydrogens is 465 g/mol. The maximum Gasteiger partial charge on any atom is 0.416 e. The predicted octanol–water partition coefficient (Wildman–Crippen LogP) is 5.50. The van der Waals surface area contributed by atoms with Gasteiger partial charge in [-0.3, -0.25) is 4.79 Å². The van der Waals surface area contributed by atoms with Gasteiger partial charge in [0.05, 0.1) is 10.8 Å². The quantitative estimate of drug-likeness (QED) is 0.548. The van der Waals surface area contributed by atoms with Crippen molar-refractivity contribution in [3.63, 3.8) is 0 Å². The van der Waals surface area contributed by atoms with E-state index in [2.05, 4.69) is 5.32 Å². The molecule has 1 aliphatic rings. The Morgan fingerprint density at radius 3 is 2.39 bits per heavy atom. The minimum atomic E-state index is -4.48. The van der Waals surface area contributed by atoms with Gasteiger partial charge in [-0.15, -0.1) is 11.8 Å². The summed E-state index contributed by atoms with van der Waals surface area (Å²) in [5.74, 6) is -1.67. The number of rotatable bonds is 6. The zero-order valence-corrected chi connectivity index (χ0v) is 18.6. The van der Waals surface area contributed by atoms with Crippen LogP contribution in [0.2, 0.25) is 0 Å². The highest BCUT2D eigenvalue weighted by molar-refractivity contribution is 8.01. The fourth-order valence-corrected chi connectivity index (χ4v) is 4.80. The van der Waals surface area contributed by atoms with E-state index in [-0.39, 0.29) is 35.5 Å². The van der Waals surface area contributed by atoms with E-state index in [0.29, 0.717) is 6.42 Å². The summed E-state index contributed by atoms with van der Waals surface area (Å²) in [6.07, 6.45) is -3.94. The van der Waals surface area contributed by atoms with Crippen molar-refractivity contribution >= 4 is 29.4 Å². The van der Waals surface area contributed by atoms with Gasteiger partial charge in [0.25, 0.3) is 0 Å². The van der Waals surface area contributed by atoms with E-state index in [1.165, 1.54) is 34.7 Å². The van der Waals surface area contributed by atoms with Gasteiger partial charge in [0, 0.05) is 37.5 Å². The predicted molar refractivity (Wildman–Crippen MR) is 116 cm³/mol. The molecule has 0 unspecified atom stereocenters. The molecule has 2 aromatic rings. The highest BCUT2D eigenvalue weighted by Crippen LogP contribution is 2.44. The average molecular weight is 487 g/mol. The molecule has 1 heterocycles. The zero-order chi connectivity index (χ0) is 24.3. The number of hydrogen-bond acceptors (Lipinski definition) is 3. The standard InChI is InChI=1S/C22H22F5N3O2S/c1-3-18-19(31)30(20(33-18)16-9-6-14(23)12-17(16)24)11-10-29(2)21(32)28-15-7-4-13(5-8-15)22(25,26)27/h4-9,12,18,20H,3,10-11H2,1-2H3,(H,28,32)/t18-,20-/m1/s1. The molecule has 33 heavy (non-hydrogen) atoms. The third-order valence-corrected chi connectivity index (χ3v) is 6.85. The molecule has 1 fully saturated rings. The first kappa shape index (κ1) is 24.8. The number of urea groups is 1. The molecule has 0 spiro atoms. The van der Waals surface area contributed by atoms with E-state index < -0.39 is 34.8 Å². The van der Waals surface area contributed by atoms with Crippen molar-refractivity contribution in [2.24, 2.45) is 0 Å². The zero-order valence-electron chi connectivity index (χ0n) is 17.8. The van der Waals surface area contributed by atoms with Crippen molar-refractivity contribution < 1.29 is 31.5 Å². The number of carbonyl (C=O) groups excluding carboxylic acids is 2. The fourth-order valence-electron chi connectivity index (χ4n) is 3.35. The number of benzene rings is 2. The summed E-state index contributed by atoms with van der Waals surface area (Å²) in [5.41, 5.74) is -0.462. The van der Waals surface area contributed by atoms with Crippen molar-refractivity contribution in [1.82, 2.24) is 9.80 Å². The second kappa shape index (κ2) is 9.98. The molecule has 0 bridgehead atoms. The van der Waals surface area contributed by atoms with E-state index in [1.807, 2.05) is 6.92 Å². The second-order valence-electron chi connectivity index (χ2n) is 7.51. The molecule has 2 aromatic carbocycles. The molecule has 3 rings (SSSR count). The maximum absolute atomic E-state index is 14.4. The van der Waals surface area contributed by atoms with Crippen LogP contribution in [0.1, 0.15) is 29.8 Å². The van der Waals surface area contributed by atoms with Gasteiger partial charge in [-0.05, 0) is 36.8 Å². The van der Waals surface area contributed by atoms with Crippen LogP contribution in [0.15, 0.2) is 42.5 Å². The molecule has 5 nitrogen and oxygen atoms in total. The Hall–Kier alpha value is -2.82. The van der Waals surface area contributed by atoms with Crippen LogP contribution >= 0.6 is 11.8 Å². The SMILES string of the molecule is CC[C@H]1S[C@H](c2ccc(F)cc2F)N(CCN(C)C(=O)Nc2ccc(C(F)(F)F)cc2)C1=O. The lowest BCUT2D eigenvalue weighted by molar-refractivity contribution is -0.137. The first-order valence-electron chi connectivity index (χ1n) is 10.1. The molecule has 1 saturated heterocycles. The highest BCUT2D eigenvalue weighted by Gasteiger charge is 2.41. The average Bonchev–Trinajstić information content (AvgIpc) is 3.06. The number of hydrogen-bond donors (Lipinski definition) is 1. The van der Waals surface area contributed by atoms with Crippen LogP contribution in [-0.2, 0) is 11.0 Å². The van der Waals surface area contributed by atoms with Crippen molar-refractivity contribution in [1.29, 1.82) is 0 Å². The number of halogens is 5. The Morgan fingerprint density at radius 2 is 1.82 bits per heavy atom. The van der Waals surface area contributed by atoms with Crippen molar-refractivity contribution in [2.45, 2.75) is 30.1 Å². The van der Waals surface area contributed by atoms with Gasteiger partial charge in [0.1, 0.15) is 17.0 Å². The third-order valence-electron chi connectivity index (χ3n) is 5.22. The van der Waals surface area contributed by atoms with Crippen LogP contribution in [0.4, 0.5) is 32.4 Å². The van der Waals surface area contributed by atoms with Crippen molar-refractivity contribution in [3.05, 3.63) is 65.2 Å². The molecule has 1 aliphatic heterocycles. The summed E-state index contributed by atoms with van der Waals surface area (Å²) < 4.78 is 65.7. The minimum Gasteiger partial charge on any atom is -0.326 e. The number of alkyl halides is 3. The maximum atomic E-state index is 14.4. The third kappa shape index (κ3) is 5.76. The van der Waals surface area contributed by atoms with Crippen LogP contribution in [0, 0.1) is 11.6 Å². The molecule has 1 N–H and O–H groups in total. The number of nitrogens with one attached hydrogen (secondary N) is 1. The second-order valence-corrected chi connectivity index (χ2v) is 8.80. The van der Waals surface area contributed by atoms with Crippen LogP contribution in [-0.4, -0.2) is 47.1 Å². The molecular formula is C22H22F5N3O2S. The van der Waals surface area contributed by atoms with Gasteiger partial charge in [-0.25, -0.2) is 13.6 Å². The van der Waals surface area contributed by atoms with E-state index in [1.54, 1.807) is 0 Å². The lowest BCUT2D eigenvalue weighted by atomic mass is 10.1. The smallest absolute Gasteiger partial charge is 0.326 e. The molecule has 178 valence electrons. The summed E-state index contributed by atoms with van der Waals surface area (Å²) in [5, 5.41) is 1.45. The number of anilines is 1. The first-order chi connectivity index (χ1) is 15.5. The van der Waals surface area contributed by atoms with Gasteiger partial charge in [-0.2, -0.15) is 13.2 Å². The Labute approximate surface area is 191 Å². The Morgan fingerprint density at radius 1 is 1.15 bits per heavy atom. The lowest BCUT2D eigenvalue weighted by Gasteiger charge is -2.27. The number of thioether (sulfide) groups is 1. The molecule has 2 atom stereocenters. The molecule has 0 aromatic heterocycles. The van der Waals surface area contributed by atoms with Gasteiger partial charge >= 0.3 is 12.2 Å². The van der Waals surface area contributed by atoms with Crippen LogP contribution in [0.25, 0.3) is 0 Å². The highest BCUT2D eigenvalue weighted by atomic mass is 32.2. The summed E-state index contributed by atoms with van der Waals surface area (Å²) in [4.78, 5) is 27.9. The number of nitrogens with zero attached hydrogens (tertiary/aromatic N) is 2. The van der Waals surface area contributed by atoms with Crippen LogP contribution in [0.3, 0.4) is 0 Å². The van der Waals surface area contributed by atoms with E-state index in [9.17, 15) is 31.5 Å². The van der Waals surface area contributed by atoms with Crippen molar-refractivity contribution in [2.75, 3.05) is 25.5 Å². The molecule has 0 saturated carbocycles. The monoisotopic (exact) mass is 487 g/mol. The van der Waals surface area contributed by atoms with Gasteiger partial charge in [0.15, 0.2) is 0 Å². The fraction of sp³-hybridized carbons (Fsp3) is 0.364. The summed E-state index contributed by atoms with van der Waals surface area (Å²) in [7, 11) is 1.47. The summed E-state index contributed by atoms with van der Waals surface area (Å²) >= 11 is 1.27. The molecule has 3 amide bonds. The first-order valence-corrected chi connectivity index (χ1v) is 11.1. The summed E-state index contributed by atoms with van der Waals surface area (Å²) in [6.45, 7) is 2.02. The van der Waals surface area contributed by atoms with Gasteiger partial charge < -0.3 is 15.1 Å². The van der Waals surface area contributed by atoms with E-state index in [0.717, 1.165) is 36.4 Å². The lowest BCUT2D eigenvalue weighted by Crippen LogP contribution is -2.40. The molecule has 0 aliphatic carbocycles. The Bertz CT molecular complexity index is 1020. The van der Waals surface area contributed by atoms with Crippen LogP contribution < -0.4 is 5.32 Å². The van der Waals surface area contributed by atoms with Crippen molar-refractivity contribution in [3.8, 4) is 0 Å². The van der Waals surface area contributed by atoms with Gasteiger partial charge in [0.2, 0.25) is 5.91 Å². The molecule has 0 radical (unpaired) electrons. The number of amides is 3. The normalized spacial score (nSPS) is 18.5. The summed E-state index contributed by atoms with van der Waals surface area (Å²) in [6, 6.07) is 6.65. The minimum absolute atomic E-state index is 0.0918. The number of likely N-dealkylation sites (N-methyl/N-ethyl adjacent to an activating group) is 1. The topological polar surface area (TPSA) is 52.6 Å². The van der Waals surface area contributed by atoms with E-state index >= 15 is 0 Å². The molecule has 11 heteroatoms. The Kier molecular flexibility index (Phi) is 7.51. The largest absolute Gasteiger partial charge is 0.416 e. The van der Waals surface area contributed by atoms with Crippen LogP contribution in [0.5, 0.6) is 0 Å².